The summed E-state index contributed by atoms with van der Waals surface area (Å²) >= 11 is 5.74. The summed E-state index contributed by atoms with van der Waals surface area (Å²) in [7, 11) is 0. The lowest BCUT2D eigenvalue weighted by molar-refractivity contribution is -0.385. The maximum atomic E-state index is 11.0. The van der Waals surface area contributed by atoms with E-state index < -0.39 is 4.92 Å². The SMILES string of the molecule is Cc1cccc(C#N)c1Oc1ccc(Cl)cc1[N+](=O)[O-]. The minimum Gasteiger partial charge on any atom is -0.448 e. The minimum absolute atomic E-state index is 0.0465. The van der Waals surface area contributed by atoms with Crippen LogP contribution < -0.4 is 4.74 Å². The molecule has 0 atom stereocenters. The molecule has 0 aliphatic rings. The van der Waals surface area contributed by atoms with Gasteiger partial charge in [-0.1, -0.05) is 23.7 Å². The van der Waals surface area contributed by atoms with E-state index in [4.69, 9.17) is 21.6 Å². The van der Waals surface area contributed by atoms with Gasteiger partial charge >= 0.3 is 5.69 Å². The van der Waals surface area contributed by atoms with Gasteiger partial charge in [0, 0.05) is 11.1 Å². The van der Waals surface area contributed by atoms with Gasteiger partial charge in [-0.05, 0) is 30.7 Å². The van der Waals surface area contributed by atoms with Crippen LogP contribution in [0.5, 0.6) is 11.5 Å². The number of hydrogen-bond donors (Lipinski definition) is 0. The lowest BCUT2D eigenvalue weighted by Gasteiger charge is -2.10. The number of benzene rings is 2. The Kier molecular flexibility index (Phi) is 3.87. The highest BCUT2D eigenvalue weighted by molar-refractivity contribution is 6.30. The van der Waals surface area contributed by atoms with Crippen LogP contribution in [0.4, 0.5) is 5.69 Å². The van der Waals surface area contributed by atoms with Crippen LogP contribution in [0.3, 0.4) is 0 Å². The average Bonchev–Trinajstić information content (AvgIpc) is 2.42. The van der Waals surface area contributed by atoms with Gasteiger partial charge in [0.1, 0.15) is 11.8 Å². The molecule has 5 nitrogen and oxygen atoms in total. The predicted octanol–water partition coefficient (Wildman–Crippen LogP) is 4.22. The van der Waals surface area contributed by atoms with E-state index in [1.165, 1.54) is 18.2 Å². The highest BCUT2D eigenvalue weighted by Gasteiger charge is 2.18. The number of rotatable bonds is 3. The summed E-state index contributed by atoms with van der Waals surface area (Å²) < 4.78 is 5.56. The number of nitriles is 1. The first-order valence-corrected chi connectivity index (χ1v) is 6.02. The van der Waals surface area contributed by atoms with Crippen molar-refractivity contribution < 1.29 is 9.66 Å². The molecule has 6 heteroatoms. The summed E-state index contributed by atoms with van der Waals surface area (Å²) in [4.78, 5) is 10.4. The number of para-hydroxylation sites is 1. The molecule has 0 spiro atoms. The minimum atomic E-state index is -0.578. The van der Waals surface area contributed by atoms with E-state index in [1.807, 2.05) is 6.07 Å². The van der Waals surface area contributed by atoms with Crippen LogP contribution in [0, 0.1) is 28.4 Å². The molecule has 0 fully saturated rings. The molecule has 0 aromatic heterocycles. The van der Waals surface area contributed by atoms with Gasteiger partial charge in [0.2, 0.25) is 5.75 Å². The molecule has 0 saturated heterocycles. The fourth-order valence-electron chi connectivity index (χ4n) is 1.71. The van der Waals surface area contributed by atoms with Crippen LogP contribution in [0.1, 0.15) is 11.1 Å². The zero-order chi connectivity index (χ0) is 14.7. The van der Waals surface area contributed by atoms with Gasteiger partial charge in [-0.25, -0.2) is 0 Å². The maximum absolute atomic E-state index is 11.0. The van der Waals surface area contributed by atoms with E-state index in [0.717, 1.165) is 0 Å². The molecule has 0 saturated carbocycles. The quantitative estimate of drug-likeness (QED) is 0.626. The van der Waals surface area contributed by atoms with Crippen molar-refractivity contribution in [1.82, 2.24) is 0 Å². The molecule has 20 heavy (non-hydrogen) atoms. The van der Waals surface area contributed by atoms with Gasteiger partial charge in [0.15, 0.2) is 0 Å². The Hall–Kier alpha value is -2.58. The molecule has 0 aliphatic carbocycles. The second kappa shape index (κ2) is 5.59. The molecule has 0 heterocycles. The largest absolute Gasteiger partial charge is 0.448 e. The third-order valence-corrected chi connectivity index (χ3v) is 2.90. The molecule has 0 unspecified atom stereocenters. The molecule has 2 aromatic carbocycles. The molecule has 2 rings (SSSR count). The Bertz CT molecular complexity index is 723. The van der Waals surface area contributed by atoms with Crippen molar-refractivity contribution in [2.45, 2.75) is 6.92 Å². The van der Waals surface area contributed by atoms with Gasteiger partial charge in [0.05, 0.1) is 10.5 Å². The first-order chi connectivity index (χ1) is 9.52. The molecule has 0 aliphatic heterocycles. The highest BCUT2D eigenvalue weighted by Crippen LogP contribution is 2.36. The molecule has 0 bridgehead atoms. The number of aryl methyl sites for hydroxylation is 1. The van der Waals surface area contributed by atoms with Gasteiger partial charge < -0.3 is 4.74 Å². The lowest BCUT2D eigenvalue weighted by atomic mass is 10.1. The summed E-state index contributed by atoms with van der Waals surface area (Å²) in [6.07, 6.45) is 0. The van der Waals surface area contributed by atoms with Crippen molar-refractivity contribution in [3.63, 3.8) is 0 Å². The monoisotopic (exact) mass is 288 g/mol. The zero-order valence-corrected chi connectivity index (χ0v) is 11.2. The third-order valence-electron chi connectivity index (χ3n) is 2.66. The molecule has 0 N–H and O–H groups in total. The lowest BCUT2D eigenvalue weighted by Crippen LogP contribution is -1.96. The van der Waals surface area contributed by atoms with Crippen LogP contribution >= 0.6 is 11.6 Å². The van der Waals surface area contributed by atoms with E-state index in [-0.39, 0.29) is 16.5 Å². The second-order valence-electron chi connectivity index (χ2n) is 4.03. The van der Waals surface area contributed by atoms with E-state index >= 15 is 0 Å². The summed E-state index contributed by atoms with van der Waals surface area (Å²) in [5.41, 5.74) is 0.784. The van der Waals surface area contributed by atoms with Crippen LogP contribution in [0.2, 0.25) is 5.02 Å². The van der Waals surface area contributed by atoms with Crippen LogP contribution in [0.25, 0.3) is 0 Å². The third kappa shape index (κ3) is 2.71. The molecular formula is C14H9ClN2O3. The smallest absolute Gasteiger partial charge is 0.313 e. The van der Waals surface area contributed by atoms with Crippen molar-refractivity contribution in [2.24, 2.45) is 0 Å². The molecule has 0 amide bonds. The van der Waals surface area contributed by atoms with Crippen LogP contribution in [0.15, 0.2) is 36.4 Å². The van der Waals surface area contributed by atoms with Crippen molar-refractivity contribution in [3.8, 4) is 17.6 Å². The Balaban J connectivity index is 2.51. The number of halogens is 1. The highest BCUT2D eigenvalue weighted by atomic mass is 35.5. The number of ether oxygens (including phenoxy) is 1. The number of nitro benzene ring substituents is 1. The predicted molar refractivity (Wildman–Crippen MR) is 74.1 cm³/mol. The summed E-state index contributed by atoms with van der Waals surface area (Å²) in [6.45, 7) is 1.76. The second-order valence-corrected chi connectivity index (χ2v) is 4.47. The topological polar surface area (TPSA) is 76.2 Å². The zero-order valence-electron chi connectivity index (χ0n) is 10.5. The molecule has 2 aromatic rings. The number of nitrogens with zero attached hydrogens (tertiary/aromatic N) is 2. The first kappa shape index (κ1) is 13.8. The Morgan fingerprint density at radius 3 is 2.75 bits per heavy atom. The van der Waals surface area contributed by atoms with E-state index in [1.54, 1.807) is 25.1 Å². The van der Waals surface area contributed by atoms with Crippen molar-refractivity contribution >= 4 is 17.3 Å². The standard InChI is InChI=1S/C14H9ClN2O3/c1-9-3-2-4-10(8-16)14(9)20-13-6-5-11(15)7-12(13)17(18)19/h2-7H,1H3. The van der Waals surface area contributed by atoms with Crippen molar-refractivity contribution in [1.29, 1.82) is 5.26 Å². The molecule has 0 radical (unpaired) electrons. The van der Waals surface area contributed by atoms with Crippen molar-refractivity contribution in [3.05, 3.63) is 62.7 Å². The number of hydrogen-bond acceptors (Lipinski definition) is 4. The van der Waals surface area contributed by atoms with E-state index in [0.29, 0.717) is 16.9 Å². The Morgan fingerprint density at radius 1 is 1.35 bits per heavy atom. The number of nitro groups is 1. The Labute approximate surface area is 120 Å². The first-order valence-electron chi connectivity index (χ1n) is 5.64. The fourth-order valence-corrected chi connectivity index (χ4v) is 1.87. The summed E-state index contributed by atoms with van der Waals surface area (Å²) in [5.74, 6) is 0.352. The summed E-state index contributed by atoms with van der Waals surface area (Å²) in [5, 5.41) is 20.3. The van der Waals surface area contributed by atoms with Gasteiger partial charge in [-0.15, -0.1) is 0 Å². The molecule has 100 valence electrons. The van der Waals surface area contributed by atoms with Gasteiger partial charge in [-0.3, -0.25) is 10.1 Å². The van der Waals surface area contributed by atoms with E-state index in [9.17, 15) is 10.1 Å². The summed E-state index contributed by atoms with van der Waals surface area (Å²) in [6, 6.07) is 11.2. The fraction of sp³-hybridized carbons (Fsp3) is 0.0714. The normalized spacial score (nSPS) is 9.85. The Morgan fingerprint density at radius 2 is 2.10 bits per heavy atom. The van der Waals surface area contributed by atoms with E-state index in [2.05, 4.69) is 0 Å². The maximum Gasteiger partial charge on any atom is 0.313 e. The van der Waals surface area contributed by atoms with Crippen molar-refractivity contribution in [2.75, 3.05) is 0 Å². The average molecular weight is 289 g/mol. The van der Waals surface area contributed by atoms with Crippen LogP contribution in [-0.2, 0) is 0 Å². The van der Waals surface area contributed by atoms with Crippen LogP contribution in [-0.4, -0.2) is 4.92 Å². The van der Waals surface area contributed by atoms with Gasteiger partial charge in [0.25, 0.3) is 0 Å². The molecular weight excluding hydrogens is 280 g/mol. The van der Waals surface area contributed by atoms with Gasteiger partial charge in [-0.2, -0.15) is 5.26 Å².